The molecule has 0 radical (unpaired) electrons. The van der Waals surface area contributed by atoms with E-state index < -0.39 is 33.3 Å². The van der Waals surface area contributed by atoms with Crippen LogP contribution in [0.4, 0.5) is 9.59 Å². The molecule has 1 atom stereocenters. The molecule has 0 saturated carbocycles. The number of hydrogen-bond acceptors (Lipinski definition) is 6. The molecule has 2 rings (SSSR count). The lowest BCUT2D eigenvalue weighted by Crippen LogP contribution is -2.67. The van der Waals surface area contributed by atoms with Crippen LogP contribution in [0.3, 0.4) is 0 Å². The minimum atomic E-state index is -4.28. The molecule has 1 unspecified atom stereocenters. The average Bonchev–Trinajstić information content (AvgIpc) is 2.47. The molecule has 1 saturated heterocycles. The molecule has 0 aromatic heterocycles. The topological polar surface area (TPSA) is 122 Å². The van der Waals surface area contributed by atoms with Gasteiger partial charge in [-0.15, -0.1) is 0 Å². The fourth-order valence-electron chi connectivity index (χ4n) is 1.78. The zero-order valence-corrected chi connectivity index (χ0v) is 13.1. The number of likely N-dealkylation sites (tertiary alicyclic amines) is 1. The summed E-state index contributed by atoms with van der Waals surface area (Å²) < 4.78 is 27.7. The average molecular weight is 362 g/mol. The number of benzene rings is 1. The van der Waals surface area contributed by atoms with Crippen LogP contribution in [0.1, 0.15) is 5.56 Å². The first kappa shape index (κ1) is 17.0. The first-order chi connectivity index (χ1) is 10.8. The standard InChI is InChI=1S/C12H12ClN3O6S/c13-23(20,21)15-11(18)16-6-9(10(16)17)14-12(19)22-7-8-4-2-1-3-5-8/h1-5,9H,6-7H2,(H,14,19)(H,15,18). The molecular formula is C12H12ClN3O6S. The van der Waals surface area contributed by atoms with Crippen LogP contribution in [0.2, 0.25) is 0 Å². The third-order valence-electron chi connectivity index (χ3n) is 2.89. The van der Waals surface area contributed by atoms with Gasteiger partial charge in [0.1, 0.15) is 12.6 Å². The summed E-state index contributed by atoms with van der Waals surface area (Å²) in [5, 5.41) is 2.27. The van der Waals surface area contributed by atoms with Gasteiger partial charge < -0.3 is 10.1 Å². The second-order valence-electron chi connectivity index (χ2n) is 4.55. The van der Waals surface area contributed by atoms with Gasteiger partial charge in [0.15, 0.2) is 0 Å². The normalized spacial score (nSPS) is 17.2. The Balaban J connectivity index is 1.76. The maximum atomic E-state index is 11.7. The van der Waals surface area contributed by atoms with E-state index in [0.29, 0.717) is 4.90 Å². The van der Waals surface area contributed by atoms with Crippen molar-refractivity contribution in [1.82, 2.24) is 14.9 Å². The summed E-state index contributed by atoms with van der Waals surface area (Å²) in [6.07, 6.45) is -0.822. The Labute approximate surface area is 136 Å². The lowest BCUT2D eigenvalue weighted by atomic mass is 10.1. The van der Waals surface area contributed by atoms with Gasteiger partial charge >= 0.3 is 21.4 Å². The molecule has 0 aliphatic carbocycles. The summed E-state index contributed by atoms with van der Waals surface area (Å²) in [4.78, 5) is 35.2. The Morgan fingerprint density at radius 1 is 1.30 bits per heavy atom. The van der Waals surface area contributed by atoms with Crippen molar-refractivity contribution in [2.45, 2.75) is 12.6 Å². The smallest absolute Gasteiger partial charge is 0.408 e. The highest BCUT2D eigenvalue weighted by molar-refractivity contribution is 8.12. The Hall–Kier alpha value is -2.33. The molecule has 124 valence electrons. The summed E-state index contributed by atoms with van der Waals surface area (Å²) in [7, 11) is 0.553. The Kier molecular flexibility index (Phi) is 5.06. The van der Waals surface area contributed by atoms with Gasteiger partial charge in [-0.25, -0.2) is 14.3 Å². The number of amides is 4. The zero-order chi connectivity index (χ0) is 17.0. The van der Waals surface area contributed by atoms with Crippen molar-refractivity contribution in [2.24, 2.45) is 0 Å². The number of ether oxygens (including phenoxy) is 1. The Morgan fingerprint density at radius 3 is 2.52 bits per heavy atom. The van der Waals surface area contributed by atoms with Crippen molar-refractivity contribution in [1.29, 1.82) is 0 Å². The Bertz CT molecular complexity index is 724. The van der Waals surface area contributed by atoms with Gasteiger partial charge in [-0.05, 0) is 5.56 Å². The number of hydrogen-bond donors (Lipinski definition) is 2. The molecule has 1 fully saturated rings. The molecule has 0 spiro atoms. The van der Waals surface area contributed by atoms with Gasteiger partial charge in [0.05, 0.1) is 6.54 Å². The van der Waals surface area contributed by atoms with E-state index in [4.69, 9.17) is 15.4 Å². The number of nitrogens with zero attached hydrogens (tertiary/aromatic N) is 1. The third kappa shape index (κ3) is 4.83. The molecule has 1 aromatic rings. The number of halogens is 1. The predicted molar refractivity (Wildman–Crippen MR) is 78.6 cm³/mol. The summed E-state index contributed by atoms with van der Waals surface area (Å²) in [6, 6.07) is 6.78. The van der Waals surface area contributed by atoms with E-state index in [1.165, 1.54) is 4.72 Å². The second-order valence-corrected chi connectivity index (χ2v) is 6.85. The van der Waals surface area contributed by atoms with Crippen molar-refractivity contribution >= 4 is 38.0 Å². The second kappa shape index (κ2) is 6.84. The first-order valence-corrected chi connectivity index (χ1v) is 8.62. The quantitative estimate of drug-likeness (QED) is 0.588. The number of alkyl carbamates (subject to hydrolysis) is 1. The van der Waals surface area contributed by atoms with Crippen LogP contribution in [0.5, 0.6) is 0 Å². The van der Waals surface area contributed by atoms with E-state index in [-0.39, 0.29) is 13.2 Å². The number of carbonyl (C=O) groups is 3. The van der Waals surface area contributed by atoms with Gasteiger partial charge in [0.25, 0.3) is 5.91 Å². The summed E-state index contributed by atoms with van der Waals surface area (Å²) in [5.74, 6) is -0.764. The van der Waals surface area contributed by atoms with E-state index in [2.05, 4.69) is 5.32 Å². The molecule has 4 amide bonds. The van der Waals surface area contributed by atoms with Crippen LogP contribution in [-0.4, -0.2) is 43.9 Å². The highest BCUT2D eigenvalue weighted by Gasteiger charge is 2.42. The molecule has 0 bridgehead atoms. The number of urea groups is 1. The Morgan fingerprint density at radius 2 is 1.96 bits per heavy atom. The predicted octanol–water partition coefficient (Wildman–Crippen LogP) is 0.317. The molecule has 1 heterocycles. The van der Waals surface area contributed by atoms with Crippen LogP contribution in [0, 0.1) is 0 Å². The molecule has 23 heavy (non-hydrogen) atoms. The molecule has 1 aliphatic heterocycles. The van der Waals surface area contributed by atoms with Gasteiger partial charge in [-0.2, -0.15) is 8.42 Å². The van der Waals surface area contributed by atoms with Gasteiger partial charge in [0.2, 0.25) is 0 Å². The van der Waals surface area contributed by atoms with E-state index in [0.717, 1.165) is 5.56 Å². The molecule has 9 nitrogen and oxygen atoms in total. The molecule has 1 aliphatic rings. The first-order valence-electron chi connectivity index (χ1n) is 6.31. The number of carbonyl (C=O) groups excluding carboxylic acids is 3. The molecule has 11 heteroatoms. The molecule has 2 N–H and O–H groups in total. The molecular weight excluding hydrogens is 350 g/mol. The fraction of sp³-hybridized carbons (Fsp3) is 0.250. The minimum Gasteiger partial charge on any atom is -0.445 e. The molecule has 1 aromatic carbocycles. The van der Waals surface area contributed by atoms with Crippen molar-refractivity contribution in [3.8, 4) is 0 Å². The van der Waals surface area contributed by atoms with Gasteiger partial charge in [0, 0.05) is 10.7 Å². The number of rotatable bonds is 4. The summed E-state index contributed by atoms with van der Waals surface area (Å²) in [6.45, 7) is -0.153. The largest absolute Gasteiger partial charge is 0.445 e. The maximum Gasteiger partial charge on any atom is 0.408 e. The monoisotopic (exact) mass is 361 g/mol. The van der Waals surface area contributed by atoms with Crippen LogP contribution in [0.15, 0.2) is 30.3 Å². The van der Waals surface area contributed by atoms with Crippen LogP contribution >= 0.6 is 10.7 Å². The van der Waals surface area contributed by atoms with E-state index in [9.17, 15) is 22.8 Å². The van der Waals surface area contributed by atoms with Gasteiger partial charge in [-0.3, -0.25) is 9.69 Å². The van der Waals surface area contributed by atoms with Crippen molar-refractivity contribution in [2.75, 3.05) is 6.54 Å². The van der Waals surface area contributed by atoms with Gasteiger partial charge in [-0.1, -0.05) is 30.3 Å². The zero-order valence-electron chi connectivity index (χ0n) is 11.6. The lowest BCUT2D eigenvalue weighted by Gasteiger charge is -2.35. The van der Waals surface area contributed by atoms with Crippen LogP contribution in [0.25, 0.3) is 0 Å². The minimum absolute atomic E-state index is 0.0300. The van der Waals surface area contributed by atoms with E-state index >= 15 is 0 Å². The number of nitrogens with one attached hydrogen (secondary N) is 2. The van der Waals surface area contributed by atoms with Crippen molar-refractivity contribution in [3.05, 3.63) is 35.9 Å². The highest BCUT2D eigenvalue weighted by atomic mass is 35.7. The highest BCUT2D eigenvalue weighted by Crippen LogP contribution is 2.11. The maximum absolute atomic E-state index is 11.7. The summed E-state index contributed by atoms with van der Waals surface area (Å²) >= 11 is 0. The lowest BCUT2D eigenvalue weighted by molar-refractivity contribution is -0.139. The number of β-lactam (4-membered cyclic amide) rings is 1. The van der Waals surface area contributed by atoms with E-state index in [1.807, 2.05) is 6.07 Å². The van der Waals surface area contributed by atoms with E-state index in [1.54, 1.807) is 24.3 Å². The van der Waals surface area contributed by atoms with Crippen LogP contribution in [-0.2, 0) is 25.4 Å². The third-order valence-corrected chi connectivity index (χ3v) is 3.54. The number of imide groups is 1. The van der Waals surface area contributed by atoms with Crippen LogP contribution < -0.4 is 10.0 Å². The SMILES string of the molecule is O=C(NC1CN(C(=O)NS(=O)(=O)Cl)C1=O)OCc1ccccc1. The fourth-order valence-corrected chi connectivity index (χ4v) is 2.30. The van der Waals surface area contributed by atoms with Crippen molar-refractivity contribution < 1.29 is 27.5 Å². The van der Waals surface area contributed by atoms with Crippen molar-refractivity contribution in [3.63, 3.8) is 0 Å². The summed E-state index contributed by atoms with van der Waals surface area (Å²) in [5.41, 5.74) is 0.774.